The Labute approximate surface area is 86.5 Å². The van der Waals surface area contributed by atoms with Crippen LogP contribution in [0.1, 0.15) is 5.56 Å². The van der Waals surface area contributed by atoms with E-state index in [-0.39, 0.29) is 12.4 Å². The van der Waals surface area contributed by atoms with E-state index in [4.69, 9.17) is 4.74 Å². The van der Waals surface area contributed by atoms with Gasteiger partial charge in [0.05, 0.1) is 6.08 Å². The van der Waals surface area contributed by atoms with Gasteiger partial charge in [-0.1, -0.05) is 30.3 Å². The quantitative estimate of drug-likeness (QED) is 0.737. The van der Waals surface area contributed by atoms with Gasteiger partial charge < -0.3 is 4.74 Å². The van der Waals surface area contributed by atoms with Crippen molar-refractivity contribution < 1.29 is 14.3 Å². The van der Waals surface area contributed by atoms with Crippen LogP contribution < -0.4 is 5.32 Å². The molecular formula is C11H9NO3. The van der Waals surface area contributed by atoms with Crippen molar-refractivity contribution in [1.29, 1.82) is 0 Å². The smallest absolute Gasteiger partial charge is 0.293 e. The lowest BCUT2D eigenvalue weighted by molar-refractivity contribution is -0.125. The average Bonchev–Trinajstić information content (AvgIpc) is 2.56. The first-order valence-electron chi connectivity index (χ1n) is 4.49. The van der Waals surface area contributed by atoms with Gasteiger partial charge in [0.15, 0.2) is 5.76 Å². The van der Waals surface area contributed by atoms with E-state index in [1.54, 1.807) is 0 Å². The molecule has 1 aliphatic rings. The lowest BCUT2D eigenvalue weighted by Gasteiger charge is -2.04. The number of carbonyl (C=O) groups is 2. The Hall–Kier alpha value is -2.10. The lowest BCUT2D eigenvalue weighted by Crippen LogP contribution is -2.22. The first-order valence-corrected chi connectivity index (χ1v) is 4.49. The van der Waals surface area contributed by atoms with Crippen molar-refractivity contribution in [1.82, 2.24) is 5.32 Å². The second-order valence-electron chi connectivity index (χ2n) is 3.10. The maximum atomic E-state index is 11.1. The summed E-state index contributed by atoms with van der Waals surface area (Å²) in [6.07, 6.45) is 1.16. The molecule has 1 aromatic carbocycles. The summed E-state index contributed by atoms with van der Waals surface area (Å²) >= 11 is 0. The van der Waals surface area contributed by atoms with Crippen LogP contribution in [0.15, 0.2) is 42.2 Å². The number of amides is 2. The van der Waals surface area contributed by atoms with Gasteiger partial charge in [-0.05, 0) is 5.56 Å². The summed E-state index contributed by atoms with van der Waals surface area (Å²) in [5.41, 5.74) is 0.950. The Morgan fingerprint density at radius 2 is 1.87 bits per heavy atom. The van der Waals surface area contributed by atoms with E-state index < -0.39 is 11.8 Å². The molecule has 4 heteroatoms. The van der Waals surface area contributed by atoms with Crippen LogP contribution in [-0.4, -0.2) is 11.8 Å². The van der Waals surface area contributed by atoms with Crippen molar-refractivity contribution >= 4 is 11.8 Å². The molecule has 1 heterocycles. The predicted molar refractivity (Wildman–Crippen MR) is 52.5 cm³/mol. The van der Waals surface area contributed by atoms with E-state index in [1.807, 2.05) is 30.3 Å². The maximum Gasteiger partial charge on any atom is 0.293 e. The molecule has 15 heavy (non-hydrogen) atoms. The molecular weight excluding hydrogens is 194 g/mol. The summed E-state index contributed by atoms with van der Waals surface area (Å²) in [6.45, 7) is 0.285. The van der Waals surface area contributed by atoms with Crippen molar-refractivity contribution in [3.63, 3.8) is 0 Å². The molecule has 0 unspecified atom stereocenters. The van der Waals surface area contributed by atoms with Crippen molar-refractivity contribution in [3.05, 3.63) is 47.7 Å². The van der Waals surface area contributed by atoms with Gasteiger partial charge in [-0.3, -0.25) is 14.9 Å². The van der Waals surface area contributed by atoms with E-state index in [0.29, 0.717) is 0 Å². The van der Waals surface area contributed by atoms with Crippen LogP contribution in [0.2, 0.25) is 0 Å². The largest absolute Gasteiger partial charge is 0.483 e. The van der Waals surface area contributed by atoms with Crippen molar-refractivity contribution in [3.8, 4) is 0 Å². The highest BCUT2D eigenvalue weighted by Crippen LogP contribution is 2.08. The first kappa shape index (κ1) is 9.45. The fraction of sp³-hybridized carbons (Fsp3) is 0.0909. The molecule has 4 nitrogen and oxygen atoms in total. The van der Waals surface area contributed by atoms with E-state index >= 15 is 0 Å². The third kappa shape index (κ3) is 2.22. The highest BCUT2D eigenvalue weighted by molar-refractivity contribution is 6.15. The second kappa shape index (κ2) is 3.96. The number of carbonyl (C=O) groups excluding carboxylic acids is 2. The Morgan fingerprint density at radius 3 is 2.47 bits per heavy atom. The Bertz CT molecular complexity index is 423. The molecule has 0 radical (unpaired) electrons. The molecule has 0 spiro atoms. The Balaban J connectivity index is 1.97. The van der Waals surface area contributed by atoms with Crippen LogP contribution >= 0.6 is 0 Å². The molecule has 1 aliphatic heterocycles. The van der Waals surface area contributed by atoms with Crippen LogP contribution in [0.3, 0.4) is 0 Å². The normalized spacial score (nSPS) is 14.8. The first-order chi connectivity index (χ1) is 7.25. The molecule has 0 bridgehead atoms. The van der Waals surface area contributed by atoms with E-state index in [2.05, 4.69) is 5.32 Å². The fourth-order valence-electron chi connectivity index (χ4n) is 1.24. The maximum absolute atomic E-state index is 11.1. The molecule has 2 rings (SSSR count). The molecule has 1 N–H and O–H groups in total. The molecule has 1 aromatic rings. The lowest BCUT2D eigenvalue weighted by atomic mass is 10.2. The standard InChI is InChI=1S/C11H9NO3/c13-10-6-9(11(14)12-10)15-7-8-4-2-1-3-5-8/h1-6H,7H2,(H,12,13,14). The summed E-state index contributed by atoms with van der Waals surface area (Å²) in [5, 5.41) is 2.11. The van der Waals surface area contributed by atoms with Gasteiger partial charge in [-0.25, -0.2) is 0 Å². The molecule has 0 aromatic heterocycles. The average molecular weight is 203 g/mol. The highest BCUT2D eigenvalue weighted by Gasteiger charge is 2.21. The molecule has 0 fully saturated rings. The minimum absolute atomic E-state index is 0.0730. The van der Waals surface area contributed by atoms with Gasteiger partial charge in [0, 0.05) is 0 Å². The highest BCUT2D eigenvalue weighted by atomic mass is 16.5. The monoisotopic (exact) mass is 203 g/mol. The van der Waals surface area contributed by atoms with E-state index in [1.165, 1.54) is 0 Å². The van der Waals surface area contributed by atoms with Crippen LogP contribution in [0.4, 0.5) is 0 Å². The number of benzene rings is 1. The van der Waals surface area contributed by atoms with Gasteiger partial charge in [-0.15, -0.1) is 0 Å². The second-order valence-corrected chi connectivity index (χ2v) is 3.10. The minimum Gasteiger partial charge on any atom is -0.483 e. The molecule has 0 atom stereocenters. The summed E-state index contributed by atoms with van der Waals surface area (Å²) in [7, 11) is 0. The van der Waals surface area contributed by atoms with Crippen molar-refractivity contribution in [2.45, 2.75) is 6.61 Å². The number of hydrogen-bond donors (Lipinski definition) is 1. The van der Waals surface area contributed by atoms with Crippen LogP contribution in [-0.2, 0) is 20.9 Å². The SMILES string of the molecule is O=C1C=C(OCc2ccccc2)C(=O)N1. The van der Waals surface area contributed by atoms with Crippen molar-refractivity contribution in [2.75, 3.05) is 0 Å². The molecule has 0 aliphatic carbocycles. The van der Waals surface area contributed by atoms with Gasteiger partial charge >= 0.3 is 0 Å². The predicted octanol–water partition coefficient (Wildman–Crippen LogP) is 0.743. The summed E-state index contributed by atoms with van der Waals surface area (Å²) in [5.74, 6) is -0.831. The van der Waals surface area contributed by atoms with E-state index in [0.717, 1.165) is 11.6 Å². The molecule has 0 saturated carbocycles. The zero-order valence-corrected chi connectivity index (χ0v) is 7.90. The molecule has 76 valence electrons. The Morgan fingerprint density at radius 1 is 1.13 bits per heavy atom. The topological polar surface area (TPSA) is 55.4 Å². The number of nitrogens with one attached hydrogen (secondary N) is 1. The minimum atomic E-state index is -0.476. The molecule has 2 amide bonds. The van der Waals surface area contributed by atoms with Gasteiger partial charge in [0.2, 0.25) is 0 Å². The number of imide groups is 1. The van der Waals surface area contributed by atoms with Gasteiger partial charge in [0.25, 0.3) is 11.8 Å². The Kier molecular flexibility index (Phi) is 2.49. The fourth-order valence-corrected chi connectivity index (χ4v) is 1.24. The summed E-state index contributed by atoms with van der Waals surface area (Å²) in [6, 6.07) is 9.43. The van der Waals surface area contributed by atoms with Gasteiger partial charge in [0.1, 0.15) is 6.61 Å². The van der Waals surface area contributed by atoms with Crippen molar-refractivity contribution in [2.24, 2.45) is 0 Å². The van der Waals surface area contributed by atoms with Crippen LogP contribution in [0, 0.1) is 0 Å². The number of hydrogen-bond acceptors (Lipinski definition) is 3. The number of ether oxygens (including phenoxy) is 1. The van der Waals surface area contributed by atoms with Gasteiger partial charge in [-0.2, -0.15) is 0 Å². The third-order valence-corrected chi connectivity index (χ3v) is 1.96. The zero-order valence-electron chi connectivity index (χ0n) is 7.90. The summed E-state index contributed by atoms with van der Waals surface area (Å²) in [4.78, 5) is 21.9. The molecule has 0 saturated heterocycles. The van der Waals surface area contributed by atoms with E-state index in [9.17, 15) is 9.59 Å². The number of rotatable bonds is 3. The van der Waals surface area contributed by atoms with Crippen LogP contribution in [0.25, 0.3) is 0 Å². The zero-order chi connectivity index (χ0) is 10.7. The van der Waals surface area contributed by atoms with Crippen LogP contribution in [0.5, 0.6) is 0 Å². The third-order valence-electron chi connectivity index (χ3n) is 1.96. The summed E-state index contributed by atoms with van der Waals surface area (Å²) < 4.78 is 5.20.